The van der Waals surface area contributed by atoms with E-state index in [1.54, 1.807) is 12.1 Å². The molecule has 0 radical (unpaired) electrons. The lowest BCUT2D eigenvalue weighted by Gasteiger charge is -2.20. The van der Waals surface area contributed by atoms with Crippen LogP contribution in [0, 0.1) is 0 Å². The number of esters is 1. The highest BCUT2D eigenvalue weighted by Crippen LogP contribution is 2.18. The summed E-state index contributed by atoms with van der Waals surface area (Å²) in [7, 11) is 1.52. The van der Waals surface area contributed by atoms with E-state index < -0.39 is 30.4 Å². The van der Waals surface area contributed by atoms with Gasteiger partial charge in [-0.2, -0.15) is 0 Å². The Hall–Kier alpha value is -1.67. The minimum atomic E-state index is -1.21. The van der Waals surface area contributed by atoms with Crippen molar-refractivity contribution in [2.45, 2.75) is 24.4 Å². The first-order valence-electron chi connectivity index (χ1n) is 6.50. The van der Waals surface area contributed by atoms with Gasteiger partial charge in [-0.05, 0) is 24.3 Å². The van der Waals surface area contributed by atoms with Crippen molar-refractivity contribution in [2.75, 3.05) is 20.3 Å². The van der Waals surface area contributed by atoms with Crippen molar-refractivity contribution < 1.29 is 34.3 Å². The molecule has 4 unspecified atom stereocenters. The molecule has 2 rings (SSSR count). The molecule has 1 fully saturated rings. The van der Waals surface area contributed by atoms with E-state index in [2.05, 4.69) is 0 Å². The molecule has 1 heterocycles. The maximum absolute atomic E-state index is 11.8. The van der Waals surface area contributed by atoms with E-state index in [0.29, 0.717) is 11.3 Å². The normalized spacial score (nSPS) is 26.4. The molecule has 7 heteroatoms. The highest BCUT2D eigenvalue weighted by atomic mass is 16.6. The van der Waals surface area contributed by atoms with Crippen LogP contribution < -0.4 is 4.74 Å². The molecule has 4 atom stereocenters. The van der Waals surface area contributed by atoms with Gasteiger partial charge in [0.15, 0.2) is 0 Å². The number of benzene rings is 1. The van der Waals surface area contributed by atoms with Crippen LogP contribution in [-0.2, 0) is 9.47 Å². The van der Waals surface area contributed by atoms with Gasteiger partial charge < -0.3 is 29.5 Å². The summed E-state index contributed by atoms with van der Waals surface area (Å²) in [4.78, 5) is 11.8. The number of methoxy groups -OCH3 is 1. The molecule has 21 heavy (non-hydrogen) atoms. The van der Waals surface area contributed by atoms with Crippen LogP contribution in [0.5, 0.6) is 5.75 Å². The Labute approximate surface area is 121 Å². The maximum atomic E-state index is 11.8. The van der Waals surface area contributed by atoms with Crippen molar-refractivity contribution in [2.24, 2.45) is 0 Å². The van der Waals surface area contributed by atoms with E-state index in [0.717, 1.165) is 0 Å². The van der Waals surface area contributed by atoms with Crippen LogP contribution in [0.15, 0.2) is 24.3 Å². The van der Waals surface area contributed by atoms with Crippen LogP contribution in [0.4, 0.5) is 0 Å². The quantitative estimate of drug-likeness (QED) is 0.619. The van der Waals surface area contributed by atoms with Gasteiger partial charge in [-0.25, -0.2) is 4.79 Å². The summed E-state index contributed by atoms with van der Waals surface area (Å²) in [5, 5.41) is 28.7. The van der Waals surface area contributed by atoms with E-state index in [1.807, 2.05) is 0 Å². The van der Waals surface area contributed by atoms with Crippen molar-refractivity contribution in [3.8, 4) is 5.75 Å². The molecule has 1 aliphatic heterocycles. The average molecular weight is 298 g/mol. The summed E-state index contributed by atoms with van der Waals surface area (Å²) in [5.74, 6) is 0.00721. The number of carbonyl (C=O) groups excluding carboxylic acids is 1. The number of hydrogen-bond acceptors (Lipinski definition) is 7. The predicted molar refractivity (Wildman–Crippen MR) is 71.0 cm³/mol. The highest BCUT2D eigenvalue weighted by Gasteiger charge is 2.39. The van der Waals surface area contributed by atoms with Crippen LogP contribution >= 0.6 is 0 Å². The third-order valence-electron chi connectivity index (χ3n) is 3.28. The fraction of sp³-hybridized carbons (Fsp3) is 0.500. The lowest BCUT2D eigenvalue weighted by atomic mass is 10.1. The summed E-state index contributed by atoms with van der Waals surface area (Å²) >= 11 is 0. The van der Waals surface area contributed by atoms with Gasteiger partial charge in [0.1, 0.15) is 36.8 Å². The molecule has 1 aromatic rings. The third kappa shape index (κ3) is 3.70. The zero-order valence-corrected chi connectivity index (χ0v) is 11.5. The second kappa shape index (κ2) is 6.86. The highest BCUT2D eigenvalue weighted by molar-refractivity contribution is 5.89. The fourth-order valence-electron chi connectivity index (χ4n) is 2.03. The van der Waals surface area contributed by atoms with Crippen LogP contribution in [0.1, 0.15) is 10.4 Å². The van der Waals surface area contributed by atoms with E-state index in [9.17, 15) is 20.1 Å². The van der Waals surface area contributed by atoms with Gasteiger partial charge in [0.25, 0.3) is 0 Å². The standard InChI is InChI=1S/C14H18O7/c1-19-9-4-2-8(3-5-9)14(18)21-7-11(16)13-12(17)10(15)6-20-13/h2-5,10-13,15-17H,6-7H2,1H3. The van der Waals surface area contributed by atoms with Crippen molar-refractivity contribution in [3.05, 3.63) is 29.8 Å². The minimum Gasteiger partial charge on any atom is -0.497 e. The molecule has 116 valence electrons. The van der Waals surface area contributed by atoms with Crippen LogP contribution in [0.3, 0.4) is 0 Å². The number of aliphatic hydroxyl groups is 3. The van der Waals surface area contributed by atoms with E-state index in [-0.39, 0.29) is 13.2 Å². The average Bonchev–Trinajstić information content (AvgIpc) is 2.84. The number of aliphatic hydroxyl groups excluding tert-OH is 3. The zero-order valence-electron chi connectivity index (χ0n) is 11.5. The van der Waals surface area contributed by atoms with Crippen LogP contribution in [-0.4, -0.2) is 66.0 Å². The summed E-state index contributed by atoms with van der Waals surface area (Å²) < 4.78 is 15.0. The SMILES string of the molecule is COc1ccc(C(=O)OCC(O)C2OCC(O)C2O)cc1. The van der Waals surface area contributed by atoms with Gasteiger partial charge in [0.2, 0.25) is 0 Å². The summed E-state index contributed by atoms with van der Waals surface area (Å²) in [6, 6.07) is 6.32. The van der Waals surface area contributed by atoms with E-state index in [4.69, 9.17) is 14.2 Å². The van der Waals surface area contributed by atoms with E-state index >= 15 is 0 Å². The lowest BCUT2D eigenvalue weighted by Crippen LogP contribution is -2.41. The molecule has 0 amide bonds. The second-order valence-corrected chi connectivity index (χ2v) is 4.75. The van der Waals surface area contributed by atoms with Gasteiger partial charge in [-0.1, -0.05) is 0 Å². The van der Waals surface area contributed by atoms with Crippen molar-refractivity contribution >= 4 is 5.97 Å². The minimum absolute atomic E-state index is 0.0602. The molecule has 1 aromatic carbocycles. The lowest BCUT2D eigenvalue weighted by molar-refractivity contribution is -0.0726. The molecule has 7 nitrogen and oxygen atoms in total. The van der Waals surface area contributed by atoms with Gasteiger partial charge >= 0.3 is 5.97 Å². The van der Waals surface area contributed by atoms with E-state index in [1.165, 1.54) is 19.2 Å². The maximum Gasteiger partial charge on any atom is 0.338 e. The second-order valence-electron chi connectivity index (χ2n) is 4.75. The number of ether oxygens (including phenoxy) is 3. The molecule has 0 bridgehead atoms. The Morgan fingerprint density at radius 1 is 1.38 bits per heavy atom. The first-order valence-corrected chi connectivity index (χ1v) is 6.50. The van der Waals surface area contributed by atoms with Gasteiger partial charge in [-0.3, -0.25) is 0 Å². The fourth-order valence-corrected chi connectivity index (χ4v) is 2.03. The molecule has 0 saturated carbocycles. The molecular weight excluding hydrogens is 280 g/mol. The molecule has 0 aromatic heterocycles. The Morgan fingerprint density at radius 3 is 2.57 bits per heavy atom. The molecule has 0 spiro atoms. The summed E-state index contributed by atoms with van der Waals surface area (Å²) in [6.45, 7) is -0.394. The largest absolute Gasteiger partial charge is 0.497 e. The smallest absolute Gasteiger partial charge is 0.338 e. The Bertz CT molecular complexity index is 473. The topological polar surface area (TPSA) is 105 Å². The number of hydrogen-bond donors (Lipinski definition) is 3. The van der Waals surface area contributed by atoms with Gasteiger partial charge in [-0.15, -0.1) is 0 Å². The summed E-state index contributed by atoms with van der Waals surface area (Å²) in [6.07, 6.45) is -4.41. The Morgan fingerprint density at radius 2 is 2.05 bits per heavy atom. The molecule has 0 aliphatic carbocycles. The molecule has 3 N–H and O–H groups in total. The Kier molecular flexibility index (Phi) is 5.13. The Balaban J connectivity index is 1.85. The van der Waals surface area contributed by atoms with Crippen LogP contribution in [0.2, 0.25) is 0 Å². The van der Waals surface area contributed by atoms with Gasteiger partial charge in [0.05, 0.1) is 19.3 Å². The number of carbonyl (C=O) groups is 1. The zero-order chi connectivity index (χ0) is 15.4. The first-order chi connectivity index (χ1) is 10.0. The first kappa shape index (κ1) is 15.7. The monoisotopic (exact) mass is 298 g/mol. The van der Waals surface area contributed by atoms with Crippen LogP contribution in [0.25, 0.3) is 0 Å². The van der Waals surface area contributed by atoms with Crippen molar-refractivity contribution in [1.29, 1.82) is 0 Å². The van der Waals surface area contributed by atoms with Crippen molar-refractivity contribution in [3.63, 3.8) is 0 Å². The molecular formula is C14H18O7. The molecule has 1 aliphatic rings. The van der Waals surface area contributed by atoms with Gasteiger partial charge in [0, 0.05) is 0 Å². The van der Waals surface area contributed by atoms with Crippen molar-refractivity contribution in [1.82, 2.24) is 0 Å². The summed E-state index contributed by atoms with van der Waals surface area (Å²) in [5.41, 5.74) is 0.316. The molecule has 1 saturated heterocycles. The predicted octanol–water partition coefficient (Wildman–Crippen LogP) is -0.667. The third-order valence-corrected chi connectivity index (χ3v) is 3.28. The number of rotatable bonds is 5.